The number of aromatic nitrogens is 6. The van der Waals surface area contributed by atoms with Crippen LogP contribution in [0.25, 0.3) is 27.9 Å². The smallest absolute Gasteiger partial charge is 0.178 e. The van der Waals surface area contributed by atoms with Crippen molar-refractivity contribution in [2.24, 2.45) is 0 Å². The summed E-state index contributed by atoms with van der Waals surface area (Å²) in [5.41, 5.74) is 4.38. The standard InChI is InChI=1S/C21H16F2N8/c1-24-15-9-18-21(27-10-15)17(4-5-25-18)26-11-20-29-28-19-3-2-16(30-31(19)20)12-6-13(22)8-14(23)7-12/h2-10,24H,11H2,1H3,(H,25,26). The zero-order chi connectivity index (χ0) is 21.4. The first-order chi connectivity index (χ1) is 15.1. The third kappa shape index (κ3) is 3.59. The maximum Gasteiger partial charge on any atom is 0.178 e. The number of pyridine rings is 2. The van der Waals surface area contributed by atoms with Crippen molar-refractivity contribution in [1.29, 1.82) is 0 Å². The lowest BCUT2D eigenvalue weighted by atomic mass is 10.1. The highest BCUT2D eigenvalue weighted by atomic mass is 19.1. The molecule has 4 aromatic heterocycles. The van der Waals surface area contributed by atoms with Crippen molar-refractivity contribution in [3.05, 3.63) is 72.3 Å². The summed E-state index contributed by atoms with van der Waals surface area (Å²) in [6.07, 6.45) is 3.43. The number of nitrogens with zero attached hydrogens (tertiary/aromatic N) is 6. The summed E-state index contributed by atoms with van der Waals surface area (Å²) in [5.74, 6) is -0.799. The quantitative estimate of drug-likeness (QED) is 0.450. The summed E-state index contributed by atoms with van der Waals surface area (Å²) < 4.78 is 28.8. The summed E-state index contributed by atoms with van der Waals surface area (Å²) in [6.45, 7) is 0.309. The molecule has 0 bridgehead atoms. The molecule has 0 spiro atoms. The Morgan fingerprint density at radius 3 is 2.61 bits per heavy atom. The van der Waals surface area contributed by atoms with Gasteiger partial charge in [-0.15, -0.1) is 10.2 Å². The fourth-order valence-corrected chi connectivity index (χ4v) is 3.28. The van der Waals surface area contributed by atoms with Gasteiger partial charge in [0.05, 0.1) is 35.3 Å². The number of halogens is 2. The first-order valence-electron chi connectivity index (χ1n) is 9.45. The van der Waals surface area contributed by atoms with E-state index in [9.17, 15) is 8.78 Å². The molecule has 1 aromatic carbocycles. The fourth-order valence-electron chi connectivity index (χ4n) is 3.28. The van der Waals surface area contributed by atoms with E-state index >= 15 is 0 Å². The van der Waals surface area contributed by atoms with Crippen molar-refractivity contribution in [3.63, 3.8) is 0 Å². The second-order valence-corrected chi connectivity index (χ2v) is 6.82. The van der Waals surface area contributed by atoms with Gasteiger partial charge in [0.15, 0.2) is 11.5 Å². The number of anilines is 2. The Morgan fingerprint density at radius 2 is 1.81 bits per heavy atom. The van der Waals surface area contributed by atoms with Gasteiger partial charge in [0.1, 0.15) is 17.2 Å². The van der Waals surface area contributed by atoms with E-state index in [1.165, 1.54) is 12.1 Å². The van der Waals surface area contributed by atoms with Crippen LogP contribution >= 0.6 is 0 Å². The SMILES string of the molecule is CNc1cnc2c(NCc3nnc4ccc(-c5cc(F)cc(F)c5)nn34)ccnc2c1. The topological polar surface area (TPSA) is 92.9 Å². The number of nitrogens with one attached hydrogen (secondary N) is 2. The maximum absolute atomic E-state index is 13.6. The van der Waals surface area contributed by atoms with Crippen molar-refractivity contribution in [2.45, 2.75) is 6.54 Å². The third-order valence-corrected chi connectivity index (χ3v) is 4.79. The molecule has 31 heavy (non-hydrogen) atoms. The van der Waals surface area contributed by atoms with E-state index in [0.717, 1.165) is 28.5 Å². The van der Waals surface area contributed by atoms with Gasteiger partial charge in [-0.1, -0.05) is 0 Å². The lowest BCUT2D eigenvalue weighted by molar-refractivity contribution is 0.584. The van der Waals surface area contributed by atoms with E-state index in [1.807, 2.05) is 19.2 Å². The zero-order valence-electron chi connectivity index (χ0n) is 16.3. The average molecular weight is 418 g/mol. The Bertz CT molecular complexity index is 1400. The summed E-state index contributed by atoms with van der Waals surface area (Å²) in [6, 6.07) is 10.4. The summed E-state index contributed by atoms with van der Waals surface area (Å²) >= 11 is 0. The Balaban J connectivity index is 1.47. The molecule has 154 valence electrons. The summed E-state index contributed by atoms with van der Waals surface area (Å²) in [7, 11) is 1.82. The minimum atomic E-state index is -0.666. The van der Waals surface area contributed by atoms with E-state index < -0.39 is 11.6 Å². The molecule has 5 aromatic rings. The van der Waals surface area contributed by atoms with Crippen molar-refractivity contribution in [1.82, 2.24) is 29.8 Å². The monoisotopic (exact) mass is 418 g/mol. The normalized spacial score (nSPS) is 11.2. The number of benzene rings is 1. The van der Waals surface area contributed by atoms with Crippen LogP contribution in [-0.4, -0.2) is 36.8 Å². The molecule has 0 saturated carbocycles. The van der Waals surface area contributed by atoms with Gasteiger partial charge >= 0.3 is 0 Å². The van der Waals surface area contributed by atoms with Crippen molar-refractivity contribution in [3.8, 4) is 11.3 Å². The molecule has 0 aliphatic carbocycles. The second kappa shape index (κ2) is 7.56. The molecule has 0 saturated heterocycles. The molecule has 4 heterocycles. The predicted molar refractivity (Wildman–Crippen MR) is 113 cm³/mol. The van der Waals surface area contributed by atoms with Crippen LogP contribution in [0.15, 0.2) is 54.9 Å². The lowest BCUT2D eigenvalue weighted by Gasteiger charge is -2.09. The van der Waals surface area contributed by atoms with Crippen molar-refractivity contribution >= 4 is 28.1 Å². The fraction of sp³-hybridized carbons (Fsp3) is 0.0952. The number of hydrogen-bond donors (Lipinski definition) is 2. The molecule has 0 radical (unpaired) electrons. The molecule has 0 unspecified atom stereocenters. The van der Waals surface area contributed by atoms with Crippen LogP contribution in [0.4, 0.5) is 20.2 Å². The molecule has 10 heteroatoms. The van der Waals surface area contributed by atoms with E-state index in [4.69, 9.17) is 0 Å². The van der Waals surface area contributed by atoms with Crippen LogP contribution in [0.5, 0.6) is 0 Å². The highest BCUT2D eigenvalue weighted by molar-refractivity contribution is 5.88. The first kappa shape index (κ1) is 18.8. The van der Waals surface area contributed by atoms with Crippen LogP contribution in [-0.2, 0) is 6.54 Å². The second-order valence-electron chi connectivity index (χ2n) is 6.82. The van der Waals surface area contributed by atoms with Crippen LogP contribution in [0.3, 0.4) is 0 Å². The zero-order valence-corrected chi connectivity index (χ0v) is 16.3. The molecule has 2 N–H and O–H groups in total. The van der Waals surface area contributed by atoms with Gasteiger partial charge in [0.2, 0.25) is 0 Å². The Labute approximate surface area is 175 Å². The third-order valence-electron chi connectivity index (χ3n) is 4.79. The number of rotatable bonds is 5. The Kier molecular flexibility index (Phi) is 4.58. The number of hydrogen-bond acceptors (Lipinski definition) is 7. The van der Waals surface area contributed by atoms with Crippen molar-refractivity contribution in [2.75, 3.05) is 17.7 Å². The molecule has 0 amide bonds. The van der Waals surface area contributed by atoms with Gasteiger partial charge in [-0.05, 0) is 36.4 Å². The van der Waals surface area contributed by atoms with E-state index in [0.29, 0.717) is 29.3 Å². The molecular formula is C21H16F2N8. The molecule has 0 aliphatic rings. The van der Waals surface area contributed by atoms with Crippen LogP contribution in [0.2, 0.25) is 0 Å². The average Bonchev–Trinajstić information content (AvgIpc) is 3.18. The van der Waals surface area contributed by atoms with Crippen LogP contribution in [0, 0.1) is 11.6 Å². The van der Waals surface area contributed by atoms with Gasteiger partial charge in [-0.25, -0.2) is 8.78 Å². The summed E-state index contributed by atoms with van der Waals surface area (Å²) in [5, 5.41) is 19.1. The molecule has 5 rings (SSSR count). The minimum Gasteiger partial charge on any atom is -0.387 e. The lowest BCUT2D eigenvalue weighted by Crippen LogP contribution is -2.07. The predicted octanol–water partition coefficient (Wildman–Crippen LogP) is 3.67. The van der Waals surface area contributed by atoms with E-state index in [1.54, 1.807) is 29.0 Å². The Morgan fingerprint density at radius 1 is 0.968 bits per heavy atom. The van der Waals surface area contributed by atoms with Gasteiger partial charge in [-0.2, -0.15) is 9.61 Å². The Hall–Kier alpha value is -4.21. The highest BCUT2D eigenvalue weighted by Gasteiger charge is 2.12. The highest BCUT2D eigenvalue weighted by Crippen LogP contribution is 2.23. The van der Waals surface area contributed by atoms with Crippen LogP contribution in [0.1, 0.15) is 5.82 Å². The van der Waals surface area contributed by atoms with Gasteiger partial charge in [0, 0.05) is 24.9 Å². The van der Waals surface area contributed by atoms with Crippen LogP contribution < -0.4 is 10.6 Å². The van der Waals surface area contributed by atoms with E-state index in [2.05, 4.69) is 35.9 Å². The largest absolute Gasteiger partial charge is 0.387 e. The molecule has 8 nitrogen and oxygen atoms in total. The summed E-state index contributed by atoms with van der Waals surface area (Å²) in [4.78, 5) is 8.82. The van der Waals surface area contributed by atoms with Crippen molar-refractivity contribution < 1.29 is 8.78 Å². The molecule has 0 atom stereocenters. The van der Waals surface area contributed by atoms with Gasteiger partial charge in [-0.3, -0.25) is 9.97 Å². The van der Waals surface area contributed by atoms with E-state index in [-0.39, 0.29) is 0 Å². The van der Waals surface area contributed by atoms with Gasteiger partial charge in [0.25, 0.3) is 0 Å². The number of fused-ring (bicyclic) bond motifs is 2. The maximum atomic E-state index is 13.6. The minimum absolute atomic E-state index is 0.309. The molecular weight excluding hydrogens is 402 g/mol. The first-order valence-corrected chi connectivity index (χ1v) is 9.45. The molecule has 0 fully saturated rings. The molecule has 0 aliphatic heterocycles. The van der Waals surface area contributed by atoms with Gasteiger partial charge < -0.3 is 10.6 Å².